The average Bonchev–Trinajstić information content (AvgIpc) is 2.63. The smallest absolute Gasteiger partial charge is 0.180 e. The molecule has 6 heteroatoms. The van der Waals surface area contributed by atoms with E-state index < -0.39 is 9.84 Å². The second-order valence-corrected chi connectivity index (χ2v) is 8.20. The van der Waals surface area contributed by atoms with Gasteiger partial charge in [0.15, 0.2) is 9.84 Å². The third-order valence-electron chi connectivity index (χ3n) is 4.41. The SMILES string of the molecule is CCS(=O)(=O)c1ccccc1N1CCN(Cc2ccccn2)CC1. The van der Waals surface area contributed by atoms with E-state index in [-0.39, 0.29) is 5.75 Å². The van der Waals surface area contributed by atoms with Crippen molar-refractivity contribution in [2.75, 3.05) is 36.8 Å². The normalized spacial score (nSPS) is 16.3. The molecule has 0 aliphatic carbocycles. The quantitative estimate of drug-likeness (QED) is 0.831. The maximum absolute atomic E-state index is 12.3. The largest absolute Gasteiger partial charge is 0.368 e. The number of hydrogen-bond donors (Lipinski definition) is 0. The van der Waals surface area contributed by atoms with Gasteiger partial charge in [-0.1, -0.05) is 25.1 Å². The van der Waals surface area contributed by atoms with E-state index in [1.54, 1.807) is 19.1 Å². The van der Waals surface area contributed by atoms with Crippen molar-refractivity contribution in [1.29, 1.82) is 0 Å². The van der Waals surface area contributed by atoms with E-state index in [0.29, 0.717) is 4.90 Å². The Morgan fingerprint density at radius 1 is 1.00 bits per heavy atom. The molecule has 0 N–H and O–H groups in total. The van der Waals surface area contributed by atoms with Crippen LogP contribution < -0.4 is 4.90 Å². The molecule has 1 aromatic carbocycles. The number of anilines is 1. The number of sulfone groups is 1. The molecular weight excluding hydrogens is 322 g/mol. The zero-order valence-corrected chi connectivity index (χ0v) is 14.7. The summed E-state index contributed by atoms with van der Waals surface area (Å²) in [5.41, 5.74) is 1.90. The lowest BCUT2D eigenvalue weighted by atomic mass is 10.2. The number of aromatic nitrogens is 1. The molecule has 24 heavy (non-hydrogen) atoms. The lowest BCUT2D eigenvalue weighted by Crippen LogP contribution is -2.46. The van der Waals surface area contributed by atoms with Crippen LogP contribution in [-0.2, 0) is 16.4 Å². The minimum atomic E-state index is -3.21. The van der Waals surface area contributed by atoms with Crippen molar-refractivity contribution < 1.29 is 8.42 Å². The molecule has 2 aromatic rings. The molecule has 3 rings (SSSR count). The maximum atomic E-state index is 12.3. The molecule has 0 amide bonds. The molecule has 1 saturated heterocycles. The van der Waals surface area contributed by atoms with E-state index in [1.807, 2.05) is 36.5 Å². The number of pyridine rings is 1. The van der Waals surface area contributed by atoms with E-state index in [4.69, 9.17) is 0 Å². The fourth-order valence-electron chi connectivity index (χ4n) is 3.00. The Kier molecular flexibility index (Phi) is 5.16. The van der Waals surface area contributed by atoms with Crippen molar-refractivity contribution in [3.05, 3.63) is 54.4 Å². The van der Waals surface area contributed by atoms with Crippen molar-refractivity contribution in [2.24, 2.45) is 0 Å². The molecule has 128 valence electrons. The second kappa shape index (κ2) is 7.32. The average molecular weight is 345 g/mol. The second-order valence-electron chi connectivity index (χ2n) is 5.96. The van der Waals surface area contributed by atoms with Crippen molar-refractivity contribution in [3.8, 4) is 0 Å². The molecule has 1 fully saturated rings. The van der Waals surface area contributed by atoms with Crippen molar-refractivity contribution in [2.45, 2.75) is 18.4 Å². The molecule has 0 spiro atoms. The minimum Gasteiger partial charge on any atom is -0.368 e. The Labute approximate surface area is 143 Å². The van der Waals surface area contributed by atoms with E-state index in [0.717, 1.165) is 44.1 Å². The number of nitrogens with zero attached hydrogens (tertiary/aromatic N) is 3. The summed E-state index contributed by atoms with van der Waals surface area (Å²) in [5.74, 6) is 0.129. The van der Waals surface area contributed by atoms with Crippen LogP contribution in [0.1, 0.15) is 12.6 Å². The summed E-state index contributed by atoms with van der Waals surface area (Å²) in [5, 5.41) is 0. The van der Waals surface area contributed by atoms with Gasteiger partial charge in [0.05, 0.1) is 22.0 Å². The highest BCUT2D eigenvalue weighted by Crippen LogP contribution is 2.27. The van der Waals surface area contributed by atoms with E-state index in [1.165, 1.54) is 0 Å². The Bertz CT molecular complexity index is 770. The summed E-state index contributed by atoms with van der Waals surface area (Å²) in [6.45, 7) is 5.97. The van der Waals surface area contributed by atoms with Gasteiger partial charge in [0.25, 0.3) is 0 Å². The summed E-state index contributed by atoms with van der Waals surface area (Å²) >= 11 is 0. The van der Waals surface area contributed by atoms with Crippen molar-refractivity contribution >= 4 is 15.5 Å². The monoisotopic (exact) mass is 345 g/mol. The maximum Gasteiger partial charge on any atom is 0.180 e. The zero-order chi connectivity index (χ0) is 17.0. The topological polar surface area (TPSA) is 53.5 Å². The summed E-state index contributed by atoms with van der Waals surface area (Å²) in [6, 6.07) is 13.3. The third-order valence-corrected chi connectivity index (χ3v) is 6.18. The first kappa shape index (κ1) is 16.9. The summed E-state index contributed by atoms with van der Waals surface area (Å²) < 4.78 is 24.6. The Morgan fingerprint density at radius 3 is 2.38 bits per heavy atom. The molecule has 1 aliphatic heterocycles. The molecule has 1 aliphatic rings. The van der Waals surface area contributed by atoms with Crippen LogP contribution in [0.15, 0.2) is 53.6 Å². The lowest BCUT2D eigenvalue weighted by Gasteiger charge is -2.36. The zero-order valence-electron chi connectivity index (χ0n) is 13.9. The predicted octanol–water partition coefficient (Wildman–Crippen LogP) is 2.20. The van der Waals surface area contributed by atoms with Crippen LogP contribution in [0.2, 0.25) is 0 Å². The molecule has 1 aromatic heterocycles. The Balaban J connectivity index is 1.69. The first-order valence-corrected chi connectivity index (χ1v) is 9.94. The number of benzene rings is 1. The lowest BCUT2D eigenvalue weighted by molar-refractivity contribution is 0.247. The summed E-state index contributed by atoms with van der Waals surface area (Å²) in [4.78, 5) is 9.36. The van der Waals surface area contributed by atoms with Crippen LogP contribution in [0.5, 0.6) is 0 Å². The van der Waals surface area contributed by atoms with Crippen LogP contribution in [0.4, 0.5) is 5.69 Å². The Morgan fingerprint density at radius 2 is 1.71 bits per heavy atom. The first-order valence-electron chi connectivity index (χ1n) is 8.29. The van der Waals surface area contributed by atoms with Gasteiger partial charge in [-0.05, 0) is 24.3 Å². The standard InChI is InChI=1S/C18H23N3O2S/c1-2-24(22,23)18-9-4-3-8-17(18)21-13-11-20(12-14-21)15-16-7-5-6-10-19-16/h3-10H,2,11-15H2,1H3. The van der Waals surface area contributed by atoms with Crippen LogP contribution in [0, 0.1) is 0 Å². The summed E-state index contributed by atoms with van der Waals surface area (Å²) in [6.07, 6.45) is 1.82. The van der Waals surface area contributed by atoms with Gasteiger partial charge < -0.3 is 4.90 Å². The third kappa shape index (κ3) is 3.76. The molecule has 0 unspecified atom stereocenters. The van der Waals surface area contributed by atoms with E-state index in [9.17, 15) is 8.42 Å². The van der Waals surface area contributed by atoms with Crippen LogP contribution >= 0.6 is 0 Å². The molecular formula is C18H23N3O2S. The van der Waals surface area contributed by atoms with Crippen LogP contribution in [-0.4, -0.2) is 50.2 Å². The van der Waals surface area contributed by atoms with Gasteiger partial charge in [0, 0.05) is 38.9 Å². The Hall–Kier alpha value is -1.92. The molecule has 5 nitrogen and oxygen atoms in total. The highest BCUT2D eigenvalue weighted by molar-refractivity contribution is 7.91. The first-order chi connectivity index (χ1) is 11.6. The molecule has 0 saturated carbocycles. The summed E-state index contributed by atoms with van der Waals surface area (Å²) in [7, 11) is -3.21. The molecule has 0 bridgehead atoms. The van der Waals surface area contributed by atoms with Crippen molar-refractivity contribution in [1.82, 2.24) is 9.88 Å². The number of rotatable bonds is 5. The van der Waals surface area contributed by atoms with Gasteiger partial charge in [-0.3, -0.25) is 9.88 Å². The minimum absolute atomic E-state index is 0.129. The van der Waals surface area contributed by atoms with Crippen LogP contribution in [0.25, 0.3) is 0 Å². The molecule has 2 heterocycles. The van der Waals surface area contributed by atoms with Gasteiger partial charge in [0.2, 0.25) is 0 Å². The van der Waals surface area contributed by atoms with E-state index >= 15 is 0 Å². The van der Waals surface area contributed by atoms with Crippen molar-refractivity contribution in [3.63, 3.8) is 0 Å². The predicted molar refractivity (Wildman–Crippen MR) is 95.9 cm³/mol. The fraction of sp³-hybridized carbons (Fsp3) is 0.389. The van der Waals surface area contributed by atoms with Crippen LogP contribution in [0.3, 0.4) is 0 Å². The number of para-hydroxylation sites is 1. The number of piperazine rings is 1. The molecule has 0 radical (unpaired) electrons. The highest BCUT2D eigenvalue weighted by atomic mass is 32.2. The van der Waals surface area contributed by atoms with Gasteiger partial charge in [-0.25, -0.2) is 8.42 Å². The highest BCUT2D eigenvalue weighted by Gasteiger charge is 2.23. The van der Waals surface area contributed by atoms with E-state index in [2.05, 4.69) is 14.8 Å². The number of hydrogen-bond acceptors (Lipinski definition) is 5. The fourth-order valence-corrected chi connectivity index (χ4v) is 4.12. The molecule has 0 atom stereocenters. The van der Waals surface area contributed by atoms with Gasteiger partial charge in [0.1, 0.15) is 0 Å². The van der Waals surface area contributed by atoms with Gasteiger partial charge in [-0.15, -0.1) is 0 Å². The van der Waals surface area contributed by atoms with Gasteiger partial charge >= 0.3 is 0 Å². The van der Waals surface area contributed by atoms with Gasteiger partial charge in [-0.2, -0.15) is 0 Å².